The lowest BCUT2D eigenvalue weighted by atomic mass is 9.93. The Hall–Kier alpha value is -2.38. The molecule has 0 spiro atoms. The predicted octanol–water partition coefficient (Wildman–Crippen LogP) is 3.12. The van der Waals surface area contributed by atoms with E-state index in [0.29, 0.717) is 24.6 Å². The fourth-order valence-electron chi connectivity index (χ4n) is 3.88. The van der Waals surface area contributed by atoms with Gasteiger partial charge in [0.25, 0.3) is 12.2 Å². The van der Waals surface area contributed by atoms with Gasteiger partial charge in [0.15, 0.2) is 0 Å². The zero-order chi connectivity index (χ0) is 18.1. The van der Waals surface area contributed by atoms with Crippen molar-refractivity contribution in [3.8, 4) is 0 Å². The Morgan fingerprint density at radius 3 is 3.00 bits per heavy atom. The van der Waals surface area contributed by atoms with E-state index in [1.807, 2.05) is 4.90 Å². The number of carbonyl (C=O) groups is 1. The smallest absolute Gasteiger partial charge is 0.280 e. The average Bonchev–Trinajstić information content (AvgIpc) is 3.32. The van der Waals surface area contributed by atoms with Crippen molar-refractivity contribution >= 4 is 11.7 Å². The van der Waals surface area contributed by atoms with Crippen LogP contribution < -0.4 is 0 Å². The SMILES string of the molecule is O=C(C[C@@H]1C=CCC1)N1CCC[C@@H](c2cc(C(F)F)n3ncnc3n2)C1. The van der Waals surface area contributed by atoms with Crippen LogP contribution in [0.25, 0.3) is 5.78 Å². The van der Waals surface area contributed by atoms with Crippen molar-refractivity contribution in [1.29, 1.82) is 0 Å². The van der Waals surface area contributed by atoms with Crippen molar-refractivity contribution in [2.45, 2.75) is 44.4 Å². The Kier molecular flexibility index (Phi) is 4.65. The zero-order valence-electron chi connectivity index (χ0n) is 14.4. The maximum Gasteiger partial charge on any atom is 0.280 e. The number of carbonyl (C=O) groups excluding carboxylic acids is 1. The van der Waals surface area contributed by atoms with Crippen molar-refractivity contribution < 1.29 is 13.6 Å². The van der Waals surface area contributed by atoms with E-state index in [9.17, 15) is 13.6 Å². The number of amides is 1. The maximum atomic E-state index is 13.4. The van der Waals surface area contributed by atoms with Gasteiger partial charge in [-0.15, -0.1) is 0 Å². The Morgan fingerprint density at radius 2 is 2.23 bits per heavy atom. The fraction of sp³-hybridized carbons (Fsp3) is 0.556. The molecule has 2 aromatic rings. The zero-order valence-corrected chi connectivity index (χ0v) is 14.4. The number of hydrogen-bond donors (Lipinski definition) is 0. The van der Waals surface area contributed by atoms with E-state index in [2.05, 4.69) is 27.2 Å². The van der Waals surface area contributed by atoms with Crippen LogP contribution in [0, 0.1) is 5.92 Å². The molecule has 0 saturated carbocycles. The standard InChI is InChI=1S/C18H21F2N5O/c19-17(20)15-9-14(23-18-21-11-22-25(15)18)13-6-3-7-24(10-13)16(26)8-12-4-1-2-5-12/h1,4,9,11-13,17H,2-3,5-8,10H2/t12-,13-/m1/s1. The van der Waals surface area contributed by atoms with Gasteiger partial charge in [0.05, 0.1) is 5.69 Å². The van der Waals surface area contributed by atoms with Crippen LogP contribution in [0.2, 0.25) is 0 Å². The summed E-state index contributed by atoms with van der Waals surface area (Å²) in [6, 6.07) is 1.41. The van der Waals surface area contributed by atoms with Gasteiger partial charge in [0.2, 0.25) is 5.91 Å². The predicted molar refractivity (Wildman–Crippen MR) is 90.8 cm³/mol. The van der Waals surface area contributed by atoms with Gasteiger partial charge >= 0.3 is 0 Å². The van der Waals surface area contributed by atoms with E-state index in [1.54, 1.807) is 0 Å². The van der Waals surface area contributed by atoms with Gasteiger partial charge in [0, 0.05) is 25.4 Å². The normalized spacial score (nSPS) is 23.3. The number of hydrogen-bond acceptors (Lipinski definition) is 4. The van der Waals surface area contributed by atoms with Gasteiger partial charge in [0.1, 0.15) is 12.0 Å². The first-order valence-electron chi connectivity index (χ1n) is 9.05. The van der Waals surface area contributed by atoms with Gasteiger partial charge in [-0.05, 0) is 37.7 Å². The summed E-state index contributed by atoms with van der Waals surface area (Å²) in [5.74, 6) is 0.603. The van der Waals surface area contributed by atoms with Gasteiger partial charge in [-0.3, -0.25) is 4.79 Å². The molecule has 1 saturated heterocycles. The second-order valence-electron chi connectivity index (χ2n) is 7.03. The van der Waals surface area contributed by atoms with Gasteiger partial charge < -0.3 is 4.90 Å². The Bertz CT molecular complexity index is 834. The lowest BCUT2D eigenvalue weighted by Crippen LogP contribution is -2.40. The molecular weight excluding hydrogens is 340 g/mol. The maximum absolute atomic E-state index is 13.4. The minimum absolute atomic E-state index is 0.0500. The Balaban J connectivity index is 1.53. The highest BCUT2D eigenvalue weighted by molar-refractivity contribution is 5.77. The first kappa shape index (κ1) is 17.1. The van der Waals surface area contributed by atoms with Gasteiger partial charge in [-0.1, -0.05) is 12.2 Å². The first-order chi connectivity index (χ1) is 12.6. The highest BCUT2D eigenvalue weighted by atomic mass is 19.3. The molecule has 2 atom stereocenters. The molecule has 0 radical (unpaired) electrons. The largest absolute Gasteiger partial charge is 0.342 e. The summed E-state index contributed by atoms with van der Waals surface area (Å²) in [5, 5.41) is 3.82. The van der Waals surface area contributed by atoms with Crippen LogP contribution in [-0.2, 0) is 4.79 Å². The van der Waals surface area contributed by atoms with Crippen molar-refractivity contribution in [3.63, 3.8) is 0 Å². The van der Waals surface area contributed by atoms with Crippen molar-refractivity contribution in [3.05, 3.63) is 35.9 Å². The van der Waals surface area contributed by atoms with E-state index >= 15 is 0 Å². The second-order valence-corrected chi connectivity index (χ2v) is 7.03. The minimum Gasteiger partial charge on any atom is -0.342 e. The number of piperidine rings is 1. The molecule has 0 unspecified atom stereocenters. The number of rotatable bonds is 4. The quantitative estimate of drug-likeness (QED) is 0.785. The summed E-state index contributed by atoms with van der Waals surface area (Å²) in [7, 11) is 0. The molecule has 8 heteroatoms. The lowest BCUT2D eigenvalue weighted by molar-refractivity contribution is -0.133. The van der Waals surface area contributed by atoms with Crippen LogP contribution in [0.15, 0.2) is 24.5 Å². The molecule has 1 aliphatic heterocycles. The number of alkyl halides is 2. The average molecular weight is 361 g/mol. The number of nitrogens with zero attached hydrogens (tertiary/aromatic N) is 5. The number of fused-ring (bicyclic) bond motifs is 1. The van der Waals surface area contributed by atoms with Gasteiger partial charge in [-0.25, -0.2) is 13.8 Å². The third-order valence-electron chi connectivity index (χ3n) is 5.26. The summed E-state index contributed by atoms with van der Waals surface area (Å²) in [4.78, 5) is 22.8. The molecule has 2 aliphatic rings. The molecule has 1 amide bonds. The van der Waals surface area contributed by atoms with Crippen LogP contribution in [0.4, 0.5) is 8.78 Å². The van der Waals surface area contributed by atoms with Crippen LogP contribution in [-0.4, -0.2) is 43.5 Å². The highest BCUT2D eigenvalue weighted by Crippen LogP contribution is 2.30. The molecule has 1 fully saturated rings. The van der Waals surface area contributed by atoms with Crippen molar-refractivity contribution in [2.75, 3.05) is 13.1 Å². The Labute approximate surface area is 149 Å². The van der Waals surface area contributed by atoms with Crippen LogP contribution >= 0.6 is 0 Å². The summed E-state index contributed by atoms with van der Waals surface area (Å²) >= 11 is 0. The van der Waals surface area contributed by atoms with E-state index in [1.165, 1.54) is 12.4 Å². The summed E-state index contributed by atoms with van der Waals surface area (Å²) < 4.78 is 27.8. The number of aromatic nitrogens is 4. The molecule has 4 rings (SSSR count). The number of allylic oxidation sites excluding steroid dienone is 2. The van der Waals surface area contributed by atoms with Gasteiger partial charge in [-0.2, -0.15) is 14.6 Å². The second kappa shape index (κ2) is 7.09. The number of halogens is 2. The van der Waals surface area contributed by atoms with E-state index in [0.717, 1.165) is 36.7 Å². The third-order valence-corrected chi connectivity index (χ3v) is 5.26. The molecule has 2 aromatic heterocycles. The highest BCUT2D eigenvalue weighted by Gasteiger charge is 2.28. The molecular formula is C18H21F2N5O. The van der Waals surface area contributed by atoms with E-state index < -0.39 is 6.43 Å². The summed E-state index contributed by atoms with van der Waals surface area (Å²) in [6.07, 6.45) is 7.09. The fourth-order valence-corrected chi connectivity index (χ4v) is 3.88. The third kappa shape index (κ3) is 3.32. The molecule has 0 bridgehead atoms. The lowest BCUT2D eigenvalue weighted by Gasteiger charge is -2.33. The van der Waals surface area contributed by atoms with E-state index in [-0.39, 0.29) is 23.3 Å². The van der Waals surface area contributed by atoms with Crippen LogP contribution in [0.5, 0.6) is 0 Å². The van der Waals surface area contributed by atoms with Crippen molar-refractivity contribution in [1.82, 2.24) is 24.5 Å². The molecule has 1 aliphatic carbocycles. The van der Waals surface area contributed by atoms with Crippen LogP contribution in [0.3, 0.4) is 0 Å². The molecule has 26 heavy (non-hydrogen) atoms. The number of likely N-dealkylation sites (tertiary alicyclic amines) is 1. The van der Waals surface area contributed by atoms with Crippen LogP contribution in [0.1, 0.15) is 55.8 Å². The summed E-state index contributed by atoms with van der Waals surface area (Å²) in [5.41, 5.74) is 0.362. The molecule has 0 N–H and O–H groups in total. The summed E-state index contributed by atoms with van der Waals surface area (Å²) in [6.45, 7) is 1.25. The first-order valence-corrected chi connectivity index (χ1v) is 9.05. The molecule has 3 heterocycles. The minimum atomic E-state index is -2.66. The molecule has 0 aromatic carbocycles. The Morgan fingerprint density at radius 1 is 1.35 bits per heavy atom. The monoisotopic (exact) mass is 361 g/mol. The van der Waals surface area contributed by atoms with Crippen molar-refractivity contribution in [2.24, 2.45) is 5.92 Å². The van der Waals surface area contributed by atoms with E-state index in [4.69, 9.17) is 0 Å². The topological polar surface area (TPSA) is 63.4 Å². The molecule has 6 nitrogen and oxygen atoms in total. The molecule has 138 valence electrons.